The quantitative estimate of drug-likeness (QED) is 0.634. The third-order valence-electron chi connectivity index (χ3n) is 2.79. The number of hydrogen-bond acceptors (Lipinski definition) is 4. The maximum Gasteiger partial charge on any atom is 0.280 e. The van der Waals surface area contributed by atoms with Crippen LogP contribution in [0.25, 0.3) is 0 Å². The van der Waals surface area contributed by atoms with Crippen LogP contribution in [-0.2, 0) is 4.79 Å². The van der Waals surface area contributed by atoms with Gasteiger partial charge in [0.1, 0.15) is 11.5 Å². The molecule has 5 nitrogen and oxygen atoms in total. The molecule has 0 aliphatic carbocycles. The Morgan fingerprint density at radius 1 is 1.32 bits per heavy atom. The lowest BCUT2D eigenvalue weighted by atomic mass is 10.2. The zero-order chi connectivity index (χ0) is 15.9. The van der Waals surface area contributed by atoms with E-state index in [1.807, 2.05) is 18.2 Å². The predicted octanol–water partition coefficient (Wildman–Crippen LogP) is 3.07. The topological polar surface area (TPSA) is 70.9 Å². The highest BCUT2D eigenvalue weighted by Crippen LogP contribution is 2.19. The Labute approximate surface area is 136 Å². The van der Waals surface area contributed by atoms with Gasteiger partial charge >= 0.3 is 0 Å². The van der Waals surface area contributed by atoms with E-state index in [-0.39, 0.29) is 11.7 Å². The minimum atomic E-state index is -0.685. The van der Waals surface area contributed by atoms with E-state index in [1.165, 1.54) is 12.3 Å². The van der Waals surface area contributed by atoms with Crippen LogP contribution in [0.1, 0.15) is 12.5 Å². The number of phenols is 1. The summed E-state index contributed by atoms with van der Waals surface area (Å²) in [6.07, 6.45) is 0.684. The summed E-state index contributed by atoms with van der Waals surface area (Å²) in [4.78, 5) is 11.9. The maximum atomic E-state index is 11.9. The molecular weight excluding hydrogens is 348 g/mol. The molecule has 0 radical (unpaired) electrons. The number of amides is 1. The number of nitrogens with zero attached hydrogens (tertiary/aromatic N) is 1. The van der Waals surface area contributed by atoms with Crippen molar-refractivity contribution in [2.45, 2.75) is 13.0 Å². The third-order valence-corrected chi connectivity index (χ3v) is 3.29. The maximum absolute atomic E-state index is 11.9. The number of benzene rings is 2. The predicted molar refractivity (Wildman–Crippen MR) is 88.1 cm³/mol. The molecule has 1 amide bonds. The Morgan fingerprint density at radius 3 is 2.77 bits per heavy atom. The normalized spacial score (nSPS) is 12.1. The average molecular weight is 363 g/mol. The molecule has 1 unspecified atom stereocenters. The Balaban J connectivity index is 1.91. The molecule has 2 aromatic carbocycles. The molecule has 0 saturated carbocycles. The Hall–Kier alpha value is -2.34. The van der Waals surface area contributed by atoms with Gasteiger partial charge < -0.3 is 9.84 Å². The average Bonchev–Trinajstić information content (AvgIpc) is 2.51. The molecule has 2 aromatic rings. The lowest BCUT2D eigenvalue weighted by Gasteiger charge is -2.12. The van der Waals surface area contributed by atoms with Crippen LogP contribution in [0.3, 0.4) is 0 Å². The zero-order valence-corrected chi connectivity index (χ0v) is 13.4. The second kappa shape index (κ2) is 7.61. The fourth-order valence-electron chi connectivity index (χ4n) is 1.64. The second-order valence-electron chi connectivity index (χ2n) is 4.51. The highest BCUT2D eigenvalue weighted by Gasteiger charge is 2.13. The first-order chi connectivity index (χ1) is 10.6. The molecule has 1 atom stereocenters. The number of carbonyl (C=O) groups excluding carboxylic acids is 1. The van der Waals surface area contributed by atoms with Gasteiger partial charge in [0.15, 0.2) is 6.10 Å². The zero-order valence-electron chi connectivity index (χ0n) is 11.9. The number of halogens is 1. The van der Waals surface area contributed by atoms with E-state index in [2.05, 4.69) is 26.5 Å². The molecule has 0 aliphatic heterocycles. The molecule has 6 heteroatoms. The van der Waals surface area contributed by atoms with E-state index >= 15 is 0 Å². The first kappa shape index (κ1) is 16.0. The van der Waals surface area contributed by atoms with E-state index < -0.39 is 6.10 Å². The van der Waals surface area contributed by atoms with Crippen LogP contribution >= 0.6 is 15.9 Å². The summed E-state index contributed by atoms with van der Waals surface area (Å²) in [5.41, 5.74) is 2.87. The van der Waals surface area contributed by atoms with Crippen LogP contribution in [0.2, 0.25) is 0 Å². The largest absolute Gasteiger partial charge is 0.507 e. The van der Waals surface area contributed by atoms with Gasteiger partial charge in [-0.1, -0.05) is 34.1 Å². The van der Waals surface area contributed by atoms with Crippen LogP contribution in [0, 0.1) is 0 Å². The highest BCUT2D eigenvalue weighted by molar-refractivity contribution is 9.10. The number of nitrogens with one attached hydrogen (secondary N) is 1. The Bertz CT molecular complexity index is 674. The van der Waals surface area contributed by atoms with Gasteiger partial charge in [-0.2, -0.15) is 5.10 Å². The van der Waals surface area contributed by atoms with E-state index in [0.717, 1.165) is 4.47 Å². The lowest BCUT2D eigenvalue weighted by molar-refractivity contribution is -0.127. The summed E-state index contributed by atoms with van der Waals surface area (Å²) in [5, 5.41) is 13.5. The van der Waals surface area contributed by atoms with Crippen LogP contribution < -0.4 is 10.2 Å². The number of ether oxygens (including phenoxy) is 1. The molecule has 0 heterocycles. The van der Waals surface area contributed by atoms with Gasteiger partial charge in [0, 0.05) is 10.0 Å². The Kier molecular flexibility index (Phi) is 5.55. The number of para-hydroxylation sites is 1. The van der Waals surface area contributed by atoms with Crippen LogP contribution in [0.4, 0.5) is 0 Å². The van der Waals surface area contributed by atoms with E-state index in [1.54, 1.807) is 31.2 Å². The van der Waals surface area contributed by atoms with Gasteiger partial charge in [0.2, 0.25) is 0 Å². The number of phenolic OH excluding ortho intramolecular Hbond substituents is 1. The molecule has 2 N–H and O–H groups in total. The molecule has 114 valence electrons. The van der Waals surface area contributed by atoms with E-state index in [0.29, 0.717) is 11.3 Å². The standard InChI is InChI=1S/C16H15BrN2O3/c1-11(22-14-5-3-2-4-6-14)16(21)19-18-10-12-9-13(17)7-8-15(12)20/h2-11,20H,1H3,(H,19,21). The van der Waals surface area contributed by atoms with Crippen molar-refractivity contribution < 1.29 is 14.6 Å². The molecule has 22 heavy (non-hydrogen) atoms. The van der Waals surface area contributed by atoms with Gasteiger partial charge in [0.05, 0.1) is 6.21 Å². The van der Waals surface area contributed by atoms with Crippen LogP contribution in [-0.4, -0.2) is 23.3 Å². The van der Waals surface area contributed by atoms with Crippen molar-refractivity contribution in [2.24, 2.45) is 5.10 Å². The van der Waals surface area contributed by atoms with Gasteiger partial charge in [-0.15, -0.1) is 0 Å². The van der Waals surface area contributed by atoms with E-state index in [4.69, 9.17) is 4.74 Å². The van der Waals surface area contributed by atoms with Gasteiger partial charge in [-0.3, -0.25) is 4.79 Å². The number of hydrogen-bond donors (Lipinski definition) is 2. The van der Waals surface area contributed by atoms with Crippen molar-refractivity contribution in [1.82, 2.24) is 5.43 Å². The van der Waals surface area contributed by atoms with Crippen molar-refractivity contribution in [2.75, 3.05) is 0 Å². The fourth-order valence-corrected chi connectivity index (χ4v) is 2.02. The third kappa shape index (κ3) is 4.60. The van der Waals surface area contributed by atoms with Gasteiger partial charge in [-0.05, 0) is 37.3 Å². The molecule has 0 saturated heterocycles. The van der Waals surface area contributed by atoms with Crippen LogP contribution in [0.5, 0.6) is 11.5 Å². The molecule has 0 spiro atoms. The summed E-state index contributed by atoms with van der Waals surface area (Å²) in [6.45, 7) is 1.63. The molecule has 2 rings (SSSR count). The van der Waals surface area contributed by atoms with Crippen molar-refractivity contribution in [1.29, 1.82) is 0 Å². The highest BCUT2D eigenvalue weighted by atomic mass is 79.9. The summed E-state index contributed by atoms with van der Waals surface area (Å²) in [5.74, 6) is 0.308. The molecule has 0 fully saturated rings. The first-order valence-electron chi connectivity index (χ1n) is 6.59. The smallest absolute Gasteiger partial charge is 0.280 e. The minimum Gasteiger partial charge on any atom is -0.507 e. The summed E-state index contributed by atoms with van der Waals surface area (Å²) < 4.78 is 6.28. The second-order valence-corrected chi connectivity index (χ2v) is 5.43. The summed E-state index contributed by atoms with van der Waals surface area (Å²) in [6, 6.07) is 14.0. The monoisotopic (exact) mass is 362 g/mol. The van der Waals surface area contributed by atoms with Crippen molar-refractivity contribution >= 4 is 28.1 Å². The summed E-state index contributed by atoms with van der Waals surface area (Å²) in [7, 11) is 0. The fraction of sp³-hybridized carbons (Fsp3) is 0.125. The van der Waals surface area contributed by atoms with E-state index in [9.17, 15) is 9.90 Å². The molecular formula is C16H15BrN2O3. The van der Waals surface area contributed by atoms with Crippen molar-refractivity contribution in [3.63, 3.8) is 0 Å². The van der Waals surface area contributed by atoms with Crippen molar-refractivity contribution in [3.05, 3.63) is 58.6 Å². The SMILES string of the molecule is CC(Oc1ccccc1)C(=O)NN=Cc1cc(Br)ccc1O. The number of carbonyl (C=O) groups is 1. The van der Waals surface area contributed by atoms with Crippen molar-refractivity contribution in [3.8, 4) is 11.5 Å². The minimum absolute atomic E-state index is 0.0785. The van der Waals surface area contributed by atoms with Crippen LogP contribution in [0.15, 0.2) is 58.1 Å². The van der Waals surface area contributed by atoms with Gasteiger partial charge in [-0.25, -0.2) is 5.43 Å². The number of hydrazone groups is 1. The molecule has 0 aliphatic rings. The number of rotatable bonds is 5. The number of aromatic hydroxyl groups is 1. The molecule has 0 bridgehead atoms. The van der Waals surface area contributed by atoms with Gasteiger partial charge in [0.25, 0.3) is 5.91 Å². The lowest BCUT2D eigenvalue weighted by Crippen LogP contribution is -2.33. The summed E-state index contributed by atoms with van der Waals surface area (Å²) >= 11 is 3.30. The first-order valence-corrected chi connectivity index (χ1v) is 7.38. The Morgan fingerprint density at radius 2 is 2.05 bits per heavy atom. The molecule has 0 aromatic heterocycles.